The number of nitrogens with zero attached hydrogens (tertiary/aromatic N) is 3. The number of aromatic nitrogens is 3. The van der Waals surface area contributed by atoms with Crippen LogP contribution in [0.1, 0.15) is 44.9 Å². The van der Waals surface area contributed by atoms with Crippen molar-refractivity contribution in [3.63, 3.8) is 0 Å². The summed E-state index contributed by atoms with van der Waals surface area (Å²) in [6.45, 7) is 3.80. The Morgan fingerprint density at radius 3 is 2.69 bits per heavy atom. The Kier molecular flexibility index (Phi) is 4.89. The number of pyridine rings is 3. The fraction of sp³-hybridized carbons (Fsp3) is 0.364. The average Bonchev–Trinajstić information content (AvgIpc) is 3.44. The number of fused-ring (bicyclic) bond motifs is 1. The van der Waals surface area contributed by atoms with Gasteiger partial charge >= 0.3 is 0 Å². The minimum atomic E-state index is -1.71. The highest BCUT2D eigenvalue weighted by atomic mass is 19.1. The summed E-state index contributed by atoms with van der Waals surface area (Å²) in [6.07, 6.45) is 3.45. The van der Waals surface area contributed by atoms with Gasteiger partial charge in [-0.25, -0.2) is 9.37 Å². The molecule has 3 aromatic rings. The largest absolute Gasteiger partial charge is 0.387 e. The molecule has 0 spiro atoms. The summed E-state index contributed by atoms with van der Waals surface area (Å²) < 4.78 is 21.1. The van der Waals surface area contributed by atoms with E-state index in [-0.39, 0.29) is 12.3 Å². The van der Waals surface area contributed by atoms with Crippen LogP contribution in [0.5, 0.6) is 0 Å². The molecule has 3 atom stereocenters. The summed E-state index contributed by atoms with van der Waals surface area (Å²) in [6, 6.07) is 5.30. The molecule has 0 aromatic carbocycles. The van der Waals surface area contributed by atoms with Crippen LogP contribution in [0.25, 0.3) is 22.0 Å². The van der Waals surface area contributed by atoms with Crippen molar-refractivity contribution < 1.29 is 15.7 Å². The van der Waals surface area contributed by atoms with E-state index in [4.69, 9.17) is 1.37 Å². The Morgan fingerprint density at radius 1 is 1.28 bits per heavy atom. The second-order valence-electron chi connectivity index (χ2n) is 7.41. The lowest BCUT2D eigenvalue weighted by atomic mass is 10.0. The number of nitrogens with one attached hydrogen (secondary N) is 1. The molecular formula is C22H23FN4O2. The van der Waals surface area contributed by atoms with Gasteiger partial charge in [0, 0.05) is 34.9 Å². The van der Waals surface area contributed by atoms with Gasteiger partial charge in [-0.15, -0.1) is 0 Å². The number of carbonyl (C=O) groups excluding carboxylic acids is 1. The summed E-state index contributed by atoms with van der Waals surface area (Å²) in [5.41, 5.74) is 2.67. The lowest BCUT2D eigenvalue weighted by molar-refractivity contribution is -0.117. The number of carbonyl (C=O) groups is 1. The molecule has 1 saturated carbocycles. The van der Waals surface area contributed by atoms with Crippen molar-refractivity contribution in [3.8, 4) is 11.3 Å². The van der Waals surface area contributed by atoms with Crippen molar-refractivity contribution in [2.45, 2.75) is 45.4 Å². The Morgan fingerprint density at radius 2 is 2.00 bits per heavy atom. The highest BCUT2D eigenvalue weighted by Crippen LogP contribution is 2.34. The first-order valence-electron chi connectivity index (χ1n) is 10.2. The molecule has 0 aliphatic heterocycles. The van der Waals surface area contributed by atoms with Crippen LogP contribution in [0.4, 0.5) is 10.2 Å². The number of aryl methyl sites for hydroxylation is 1. The number of halogens is 1. The Balaban J connectivity index is 1.59. The molecule has 1 aliphatic rings. The lowest BCUT2D eigenvalue weighted by Gasteiger charge is -2.12. The first-order chi connectivity index (χ1) is 14.3. The van der Waals surface area contributed by atoms with E-state index in [1.54, 1.807) is 30.7 Å². The predicted molar refractivity (Wildman–Crippen MR) is 109 cm³/mol. The number of hydrogen-bond acceptors (Lipinski definition) is 5. The van der Waals surface area contributed by atoms with Gasteiger partial charge in [0.05, 0.1) is 24.8 Å². The molecule has 1 aliphatic carbocycles. The highest BCUT2D eigenvalue weighted by Gasteiger charge is 2.43. The van der Waals surface area contributed by atoms with Gasteiger partial charge in [0.15, 0.2) is 0 Å². The molecule has 4 rings (SSSR count). The van der Waals surface area contributed by atoms with Crippen LogP contribution >= 0.6 is 0 Å². The van der Waals surface area contributed by atoms with Gasteiger partial charge in [-0.3, -0.25) is 14.8 Å². The zero-order valence-corrected chi connectivity index (χ0v) is 16.3. The van der Waals surface area contributed by atoms with E-state index in [0.717, 1.165) is 21.9 Å². The van der Waals surface area contributed by atoms with E-state index in [0.29, 0.717) is 30.0 Å². The van der Waals surface area contributed by atoms with Crippen LogP contribution in [0.15, 0.2) is 36.8 Å². The van der Waals surface area contributed by atoms with Gasteiger partial charge in [0.1, 0.15) is 12.0 Å². The molecule has 3 heterocycles. The van der Waals surface area contributed by atoms with Crippen LogP contribution in [-0.2, 0) is 4.79 Å². The van der Waals surface area contributed by atoms with Crippen LogP contribution in [0, 0.1) is 12.8 Å². The van der Waals surface area contributed by atoms with Gasteiger partial charge in [-0.1, -0.05) is 13.3 Å². The first-order valence-corrected chi connectivity index (χ1v) is 9.69. The third kappa shape index (κ3) is 4.10. The van der Waals surface area contributed by atoms with Crippen molar-refractivity contribution in [1.82, 2.24) is 15.0 Å². The summed E-state index contributed by atoms with van der Waals surface area (Å²) in [5.74, 6) is -0.549. The van der Waals surface area contributed by atoms with E-state index in [1.807, 2.05) is 19.9 Å². The molecule has 29 heavy (non-hydrogen) atoms. The van der Waals surface area contributed by atoms with Crippen molar-refractivity contribution in [2.24, 2.45) is 5.92 Å². The van der Waals surface area contributed by atoms with Gasteiger partial charge in [0.2, 0.25) is 5.91 Å². The summed E-state index contributed by atoms with van der Waals surface area (Å²) in [5, 5.41) is 14.6. The standard InChI is InChI=1S/C22H23FN4O2/c1-3-4-20(28)19-5-12(2)16(11-25-19)18-6-13-10-26-21(7-14(13)9-24-18)27-22(29)15-8-17(15)23/h5-7,9-11,15,17,20,28H,3-4,8H2,1-2H3,(H,26,27,29)/t15-,17+,20-/m1/s1/i20D. The van der Waals surface area contributed by atoms with Gasteiger partial charge < -0.3 is 10.4 Å². The van der Waals surface area contributed by atoms with Crippen molar-refractivity contribution in [3.05, 3.63) is 48.0 Å². The van der Waals surface area contributed by atoms with E-state index in [1.165, 1.54) is 0 Å². The number of amides is 1. The molecule has 0 radical (unpaired) electrons. The number of hydrogen-bond donors (Lipinski definition) is 2. The smallest absolute Gasteiger partial charge is 0.231 e. The second kappa shape index (κ2) is 7.83. The highest BCUT2D eigenvalue weighted by molar-refractivity contribution is 5.96. The zero-order valence-electron chi connectivity index (χ0n) is 17.3. The van der Waals surface area contributed by atoms with Gasteiger partial charge in [-0.05, 0) is 43.5 Å². The molecule has 2 N–H and O–H groups in total. The minimum Gasteiger partial charge on any atom is -0.387 e. The fourth-order valence-corrected chi connectivity index (χ4v) is 3.25. The third-order valence-corrected chi connectivity index (χ3v) is 5.07. The van der Waals surface area contributed by atoms with Crippen LogP contribution in [-0.4, -0.2) is 32.1 Å². The maximum atomic E-state index is 13.0. The molecule has 0 saturated heterocycles. The normalized spacial score (nSPS) is 20.8. The second-order valence-corrected chi connectivity index (χ2v) is 7.41. The number of aliphatic hydroxyl groups is 1. The molecular weight excluding hydrogens is 371 g/mol. The monoisotopic (exact) mass is 395 g/mol. The zero-order chi connectivity index (χ0) is 21.5. The Labute approximate surface area is 169 Å². The van der Waals surface area contributed by atoms with E-state index in [9.17, 15) is 14.3 Å². The Hall–Kier alpha value is -2.93. The number of rotatable bonds is 6. The van der Waals surface area contributed by atoms with Crippen molar-refractivity contribution >= 4 is 22.5 Å². The quantitative estimate of drug-likeness (QED) is 0.655. The molecule has 6 nitrogen and oxygen atoms in total. The molecule has 3 aromatic heterocycles. The first kappa shape index (κ1) is 18.1. The molecule has 1 amide bonds. The Bertz CT molecular complexity index is 1120. The van der Waals surface area contributed by atoms with Crippen LogP contribution in [0.3, 0.4) is 0 Å². The molecule has 7 heteroatoms. The molecule has 0 bridgehead atoms. The number of alkyl halides is 1. The van der Waals surface area contributed by atoms with E-state index < -0.39 is 18.2 Å². The van der Waals surface area contributed by atoms with Crippen molar-refractivity contribution in [2.75, 3.05) is 5.32 Å². The van der Waals surface area contributed by atoms with E-state index >= 15 is 0 Å². The van der Waals surface area contributed by atoms with E-state index in [2.05, 4.69) is 20.3 Å². The van der Waals surface area contributed by atoms with Gasteiger partial charge in [-0.2, -0.15) is 0 Å². The predicted octanol–water partition coefficient (Wildman–Crippen LogP) is 4.13. The van der Waals surface area contributed by atoms with Crippen molar-refractivity contribution in [1.29, 1.82) is 0 Å². The molecule has 150 valence electrons. The van der Waals surface area contributed by atoms with Crippen LogP contribution < -0.4 is 5.32 Å². The summed E-state index contributed by atoms with van der Waals surface area (Å²) >= 11 is 0. The SMILES string of the molecule is [2H][C@@](O)(CCC)c1cc(C)c(-c2cc3cnc(NC(=O)[C@@H]4C[C@@H]4F)cc3cn2)cn1. The fourth-order valence-electron chi connectivity index (χ4n) is 3.25. The third-order valence-electron chi connectivity index (χ3n) is 5.07. The minimum absolute atomic E-state index is 0.270. The number of anilines is 1. The topological polar surface area (TPSA) is 88.0 Å². The maximum Gasteiger partial charge on any atom is 0.231 e. The summed E-state index contributed by atoms with van der Waals surface area (Å²) in [7, 11) is 0. The van der Waals surface area contributed by atoms with Crippen LogP contribution in [0.2, 0.25) is 0 Å². The average molecular weight is 395 g/mol. The molecule has 0 unspecified atom stereocenters. The maximum absolute atomic E-state index is 13.0. The lowest BCUT2D eigenvalue weighted by Crippen LogP contribution is -2.15. The molecule has 1 fully saturated rings. The van der Waals surface area contributed by atoms with Gasteiger partial charge in [0.25, 0.3) is 0 Å². The summed E-state index contributed by atoms with van der Waals surface area (Å²) in [4.78, 5) is 24.9.